The molecule has 2 aliphatic heterocycles. The predicted molar refractivity (Wildman–Crippen MR) is 215 cm³/mol. The number of amides is 1. The summed E-state index contributed by atoms with van der Waals surface area (Å²) in [5, 5.41) is 5.54. The summed E-state index contributed by atoms with van der Waals surface area (Å²) in [6, 6.07) is 21.7. The monoisotopic (exact) mass is 839 g/mol. The third-order valence-corrected chi connectivity index (χ3v) is 14.1. The van der Waals surface area contributed by atoms with E-state index in [0.717, 1.165) is 78.3 Å². The lowest BCUT2D eigenvalue weighted by molar-refractivity contribution is -0.132. The van der Waals surface area contributed by atoms with E-state index >= 15 is 0 Å². The highest BCUT2D eigenvalue weighted by atomic mass is 35.5. The molecule has 3 aromatic carbocycles. The van der Waals surface area contributed by atoms with Gasteiger partial charge in [-0.3, -0.25) is 14.2 Å². The second-order valence-electron chi connectivity index (χ2n) is 13.2. The third kappa shape index (κ3) is 9.68. The number of likely N-dealkylation sites (tertiary alicyclic amines) is 1. The van der Waals surface area contributed by atoms with Crippen molar-refractivity contribution < 1.29 is 21.6 Å². The number of hydrogen-bond acceptors (Lipinski definition) is 12. The Morgan fingerprint density at radius 1 is 0.745 bits per heavy atom. The van der Waals surface area contributed by atoms with Crippen molar-refractivity contribution >= 4 is 81.8 Å². The van der Waals surface area contributed by atoms with Crippen molar-refractivity contribution in [2.45, 2.75) is 53.9 Å². The van der Waals surface area contributed by atoms with Gasteiger partial charge in [0.05, 0.1) is 9.79 Å². The Balaban J connectivity index is 0.000000190. The Morgan fingerprint density at radius 2 is 1.27 bits per heavy atom. The summed E-state index contributed by atoms with van der Waals surface area (Å²) >= 11 is 8.12. The second-order valence-corrected chi connectivity index (χ2v) is 18.5. The molecule has 0 spiro atoms. The van der Waals surface area contributed by atoms with Crippen LogP contribution in [0.15, 0.2) is 101 Å². The summed E-state index contributed by atoms with van der Waals surface area (Å²) in [7, 11) is -7.28. The van der Waals surface area contributed by atoms with Crippen LogP contribution in [0, 0.1) is 0 Å². The number of carbonyl (C=O) groups excluding carboxylic acids is 1. The molecule has 0 bridgehead atoms. The summed E-state index contributed by atoms with van der Waals surface area (Å²) in [6.45, 7) is 3.65. The van der Waals surface area contributed by atoms with Crippen molar-refractivity contribution in [3.8, 4) is 0 Å². The predicted octanol–water partition coefficient (Wildman–Crippen LogP) is 6.16. The lowest BCUT2D eigenvalue weighted by Crippen LogP contribution is -2.39. The lowest BCUT2D eigenvalue weighted by Gasteiger charge is -2.32. The quantitative estimate of drug-likeness (QED) is 0.145. The van der Waals surface area contributed by atoms with E-state index in [-0.39, 0.29) is 38.4 Å². The van der Waals surface area contributed by atoms with Gasteiger partial charge in [0.25, 0.3) is 20.0 Å². The number of piperidine rings is 2. The number of nitrogens with one attached hydrogen (secondary N) is 3. The zero-order valence-electron chi connectivity index (χ0n) is 29.4. The molecular formula is C36H38ClN9O5S4. The van der Waals surface area contributed by atoms with Gasteiger partial charge in [0.15, 0.2) is 0 Å². The van der Waals surface area contributed by atoms with E-state index in [2.05, 4.69) is 33.5 Å². The Kier molecular flexibility index (Phi) is 12.1. The minimum Gasteiger partial charge on any atom is -0.341 e. The molecule has 0 aliphatic carbocycles. The standard InChI is InChI=1S/C23H22ClN5O3S2.C13H16N4O2S2/c24-19-4-1-18-9-12-29(21(18)13-19)14-22(30)28-10-7-17(8-11-28)16-2-5-20(6-3-16)34(31,32)27-23-25-15-26-33-23;18-21(19,17-13-15-9-16-20-13)12-3-1-10(2-4-12)11-5-7-14-8-6-11/h1-6,9,12-13,15,17H,7-8,10-11,14H2,(H,25,26,27);1-4,9,11,14H,5-8H2,(H,15,16,17). The summed E-state index contributed by atoms with van der Waals surface area (Å²) < 4.78 is 63.8. The molecule has 55 heavy (non-hydrogen) atoms. The number of aromatic nitrogens is 5. The van der Waals surface area contributed by atoms with Gasteiger partial charge in [-0.05, 0) is 110 Å². The first-order chi connectivity index (χ1) is 26.5. The number of carbonyl (C=O) groups is 1. The van der Waals surface area contributed by atoms with Crippen molar-refractivity contribution in [1.29, 1.82) is 0 Å². The largest absolute Gasteiger partial charge is 0.341 e. The molecule has 0 saturated carbocycles. The van der Waals surface area contributed by atoms with Crippen LogP contribution in [0.1, 0.15) is 48.6 Å². The van der Waals surface area contributed by atoms with E-state index in [9.17, 15) is 21.6 Å². The Bertz CT molecular complexity index is 2410. The fourth-order valence-electron chi connectivity index (χ4n) is 6.78. The van der Waals surface area contributed by atoms with E-state index in [4.69, 9.17) is 11.6 Å². The minimum atomic E-state index is -3.70. The summed E-state index contributed by atoms with van der Waals surface area (Å²) in [5.74, 6) is 0.877. The van der Waals surface area contributed by atoms with Gasteiger partial charge in [-0.1, -0.05) is 41.9 Å². The van der Waals surface area contributed by atoms with Crippen LogP contribution in [0.4, 0.5) is 10.3 Å². The van der Waals surface area contributed by atoms with E-state index in [1.807, 2.05) is 64.2 Å². The topological polar surface area (TPSA) is 181 Å². The van der Waals surface area contributed by atoms with Crippen LogP contribution >= 0.6 is 34.7 Å². The molecule has 0 radical (unpaired) electrons. The second kappa shape index (κ2) is 17.1. The highest BCUT2D eigenvalue weighted by molar-refractivity contribution is 7.93. The maximum Gasteiger partial charge on any atom is 0.263 e. The van der Waals surface area contributed by atoms with Crippen LogP contribution in [-0.2, 0) is 31.4 Å². The number of benzene rings is 3. The number of fused-ring (bicyclic) bond motifs is 1. The molecule has 2 saturated heterocycles. The van der Waals surface area contributed by atoms with Gasteiger partial charge in [0, 0.05) is 52.9 Å². The fourth-order valence-corrected chi connectivity index (χ4v) is 10.3. The molecular weight excluding hydrogens is 802 g/mol. The van der Waals surface area contributed by atoms with E-state index in [1.54, 1.807) is 24.3 Å². The Morgan fingerprint density at radius 3 is 1.78 bits per heavy atom. The average Bonchev–Trinajstić information content (AvgIpc) is 3.99. The molecule has 288 valence electrons. The smallest absolute Gasteiger partial charge is 0.263 e. The molecule has 0 atom stereocenters. The molecule has 19 heteroatoms. The molecule has 6 aromatic rings. The highest BCUT2D eigenvalue weighted by Crippen LogP contribution is 2.30. The number of sulfonamides is 2. The van der Waals surface area contributed by atoms with Crippen molar-refractivity contribution in [3.63, 3.8) is 0 Å². The van der Waals surface area contributed by atoms with Crippen LogP contribution in [0.2, 0.25) is 5.02 Å². The fraction of sp³-hybridized carbons (Fsp3) is 0.306. The van der Waals surface area contributed by atoms with Gasteiger partial charge >= 0.3 is 0 Å². The van der Waals surface area contributed by atoms with E-state index in [0.29, 0.717) is 24.0 Å². The maximum atomic E-state index is 12.9. The zero-order chi connectivity index (χ0) is 38.4. The zero-order valence-corrected chi connectivity index (χ0v) is 33.4. The molecule has 2 aliphatic rings. The first kappa shape index (κ1) is 38.8. The first-order valence-electron chi connectivity index (χ1n) is 17.6. The first-order valence-corrected chi connectivity index (χ1v) is 22.4. The summed E-state index contributed by atoms with van der Waals surface area (Å²) in [6.07, 6.45) is 8.39. The average molecular weight is 840 g/mol. The molecule has 8 rings (SSSR count). The lowest BCUT2D eigenvalue weighted by atomic mass is 9.89. The van der Waals surface area contributed by atoms with Crippen molar-refractivity contribution in [3.05, 3.63) is 108 Å². The van der Waals surface area contributed by atoms with Crippen molar-refractivity contribution in [1.82, 2.24) is 33.5 Å². The van der Waals surface area contributed by atoms with E-state index < -0.39 is 20.0 Å². The van der Waals surface area contributed by atoms with Gasteiger partial charge < -0.3 is 14.8 Å². The van der Waals surface area contributed by atoms with Crippen LogP contribution in [0.25, 0.3) is 10.9 Å². The van der Waals surface area contributed by atoms with Gasteiger partial charge in [0.1, 0.15) is 19.2 Å². The number of anilines is 2. The molecule has 14 nitrogen and oxygen atoms in total. The van der Waals surface area contributed by atoms with Gasteiger partial charge in [-0.25, -0.2) is 26.8 Å². The summed E-state index contributed by atoms with van der Waals surface area (Å²) in [5.41, 5.74) is 3.23. The number of nitrogens with zero attached hydrogens (tertiary/aromatic N) is 6. The summed E-state index contributed by atoms with van der Waals surface area (Å²) in [4.78, 5) is 22.9. The van der Waals surface area contributed by atoms with Gasteiger partial charge in [-0.2, -0.15) is 8.75 Å². The number of rotatable bonds is 10. The SMILES string of the molecule is O=C(Cn1ccc2ccc(Cl)cc21)N1CCC(c2ccc(S(=O)(=O)Nc3ncns3)cc2)CC1.O=S(=O)(Nc1ncns1)c1ccc(C2CCNCC2)cc1. The Hall–Kier alpha value is -4.46. The molecule has 0 unspecified atom stereocenters. The normalized spacial score (nSPS) is 15.7. The molecule has 3 aromatic heterocycles. The Labute approximate surface area is 332 Å². The van der Waals surface area contributed by atoms with Crippen molar-refractivity contribution in [2.24, 2.45) is 0 Å². The number of halogens is 1. The van der Waals surface area contributed by atoms with Gasteiger partial charge in [0.2, 0.25) is 16.2 Å². The number of hydrogen-bond donors (Lipinski definition) is 3. The molecule has 1 amide bonds. The van der Waals surface area contributed by atoms with Crippen LogP contribution in [-0.4, -0.2) is 77.1 Å². The van der Waals surface area contributed by atoms with E-state index in [1.165, 1.54) is 18.2 Å². The third-order valence-electron chi connectivity index (χ3n) is 9.72. The maximum absolute atomic E-state index is 12.9. The van der Waals surface area contributed by atoms with Crippen molar-refractivity contribution in [2.75, 3.05) is 35.6 Å². The minimum absolute atomic E-state index is 0.0834. The van der Waals surface area contributed by atoms with Gasteiger partial charge in [-0.15, -0.1) is 0 Å². The van der Waals surface area contributed by atoms with Crippen LogP contribution < -0.4 is 14.8 Å². The molecule has 2 fully saturated rings. The highest BCUT2D eigenvalue weighted by Gasteiger charge is 2.25. The molecule has 3 N–H and O–H groups in total. The molecule has 5 heterocycles. The van der Waals surface area contributed by atoms with Crippen LogP contribution in [0.5, 0.6) is 0 Å². The van der Waals surface area contributed by atoms with Crippen LogP contribution in [0.3, 0.4) is 0 Å².